The summed E-state index contributed by atoms with van der Waals surface area (Å²) in [5.74, 6) is 1.81. The van der Waals surface area contributed by atoms with Gasteiger partial charge < -0.3 is 5.32 Å². The molecule has 2 atom stereocenters. The molecule has 0 aromatic carbocycles. The Kier molecular flexibility index (Phi) is 5.11. The number of rotatable bonds is 7. The van der Waals surface area contributed by atoms with Gasteiger partial charge in [-0.05, 0) is 36.5 Å². The summed E-state index contributed by atoms with van der Waals surface area (Å²) in [5, 5.41) is 3.45. The van der Waals surface area contributed by atoms with Crippen molar-refractivity contribution in [3.05, 3.63) is 0 Å². The van der Waals surface area contributed by atoms with E-state index in [0.29, 0.717) is 5.41 Å². The summed E-state index contributed by atoms with van der Waals surface area (Å²) < 4.78 is 0. The van der Waals surface area contributed by atoms with Crippen molar-refractivity contribution in [3.63, 3.8) is 0 Å². The molecule has 1 N–H and O–H groups in total. The van der Waals surface area contributed by atoms with Crippen molar-refractivity contribution in [1.29, 1.82) is 0 Å². The van der Waals surface area contributed by atoms with Gasteiger partial charge in [-0.25, -0.2) is 0 Å². The van der Waals surface area contributed by atoms with E-state index in [1.165, 1.54) is 45.2 Å². The van der Waals surface area contributed by atoms with Crippen LogP contribution in [0.3, 0.4) is 0 Å². The highest BCUT2D eigenvalue weighted by Gasteiger charge is 2.35. The first kappa shape index (κ1) is 13.0. The molecule has 0 saturated carbocycles. The lowest BCUT2D eigenvalue weighted by Crippen LogP contribution is -2.53. The van der Waals surface area contributed by atoms with E-state index in [-0.39, 0.29) is 0 Å². The fourth-order valence-corrected chi connectivity index (χ4v) is 2.71. The highest BCUT2D eigenvalue weighted by atomic mass is 15.0. The minimum absolute atomic E-state index is 0.677. The van der Waals surface area contributed by atoms with Crippen LogP contribution in [0.5, 0.6) is 0 Å². The Bertz CT molecular complexity index is 172. The van der Waals surface area contributed by atoms with E-state index in [1.54, 1.807) is 0 Å². The molecule has 1 fully saturated rings. The second kappa shape index (κ2) is 5.89. The molecule has 0 radical (unpaired) electrons. The molecule has 90 valence electrons. The van der Waals surface area contributed by atoms with Gasteiger partial charge >= 0.3 is 0 Å². The van der Waals surface area contributed by atoms with E-state index in [2.05, 4.69) is 33.0 Å². The predicted octanol–water partition coefficient (Wildman–Crippen LogP) is 3.84. The molecule has 0 aliphatic carbocycles. The van der Waals surface area contributed by atoms with E-state index in [0.717, 1.165) is 11.8 Å². The Hall–Kier alpha value is -0.0400. The van der Waals surface area contributed by atoms with Crippen molar-refractivity contribution in [2.45, 2.75) is 59.8 Å². The summed E-state index contributed by atoms with van der Waals surface area (Å²) >= 11 is 0. The average Bonchev–Trinajstić information content (AvgIpc) is 2.20. The molecule has 1 heterocycles. The van der Waals surface area contributed by atoms with Crippen LogP contribution in [0.25, 0.3) is 0 Å². The van der Waals surface area contributed by atoms with Gasteiger partial charge in [-0.15, -0.1) is 0 Å². The van der Waals surface area contributed by atoms with Crippen LogP contribution >= 0.6 is 0 Å². The lowest BCUT2D eigenvalue weighted by molar-refractivity contribution is 0.120. The molecule has 0 bridgehead atoms. The molecule has 0 aromatic heterocycles. The Morgan fingerprint density at radius 2 is 1.73 bits per heavy atom. The van der Waals surface area contributed by atoms with Gasteiger partial charge in [0.15, 0.2) is 0 Å². The van der Waals surface area contributed by atoms with Crippen molar-refractivity contribution in [2.75, 3.05) is 13.1 Å². The van der Waals surface area contributed by atoms with Gasteiger partial charge in [-0.1, -0.05) is 40.5 Å². The highest BCUT2D eigenvalue weighted by Crippen LogP contribution is 2.36. The van der Waals surface area contributed by atoms with E-state index in [1.807, 2.05) is 0 Å². The summed E-state index contributed by atoms with van der Waals surface area (Å²) in [4.78, 5) is 0. The lowest BCUT2D eigenvalue weighted by atomic mass is 9.72. The Labute approximate surface area is 96.0 Å². The molecular formula is C14H29N. The molecule has 1 heteroatoms. The number of hydrogen-bond acceptors (Lipinski definition) is 1. The van der Waals surface area contributed by atoms with Crippen molar-refractivity contribution in [2.24, 2.45) is 17.3 Å². The van der Waals surface area contributed by atoms with Gasteiger partial charge in [-0.2, -0.15) is 0 Å². The quantitative estimate of drug-likeness (QED) is 0.674. The first-order valence-corrected chi connectivity index (χ1v) is 6.84. The third-order valence-corrected chi connectivity index (χ3v) is 4.53. The standard InChI is InChI=1S/C14H29N/c1-5-8-14(10-15-11-14)9-7-13(4)12(3)6-2/h12-13,15H,5-11H2,1-4H3. The first-order valence-electron chi connectivity index (χ1n) is 6.84. The van der Waals surface area contributed by atoms with Crippen LogP contribution in [-0.4, -0.2) is 13.1 Å². The fraction of sp³-hybridized carbons (Fsp3) is 1.00. The van der Waals surface area contributed by atoms with Gasteiger partial charge in [-0.3, -0.25) is 0 Å². The van der Waals surface area contributed by atoms with E-state index >= 15 is 0 Å². The van der Waals surface area contributed by atoms with Crippen molar-refractivity contribution < 1.29 is 0 Å². The van der Waals surface area contributed by atoms with Crippen molar-refractivity contribution in [1.82, 2.24) is 5.32 Å². The van der Waals surface area contributed by atoms with E-state index in [4.69, 9.17) is 0 Å². The van der Waals surface area contributed by atoms with Crippen LogP contribution in [0.4, 0.5) is 0 Å². The minimum Gasteiger partial charge on any atom is -0.316 e. The van der Waals surface area contributed by atoms with Gasteiger partial charge in [0.25, 0.3) is 0 Å². The molecular weight excluding hydrogens is 182 g/mol. The molecule has 1 nitrogen and oxygen atoms in total. The third kappa shape index (κ3) is 3.48. The van der Waals surface area contributed by atoms with Crippen LogP contribution in [-0.2, 0) is 0 Å². The molecule has 1 aliphatic rings. The van der Waals surface area contributed by atoms with Gasteiger partial charge in [0.2, 0.25) is 0 Å². The van der Waals surface area contributed by atoms with Crippen LogP contribution in [0.2, 0.25) is 0 Å². The van der Waals surface area contributed by atoms with E-state index < -0.39 is 0 Å². The topological polar surface area (TPSA) is 12.0 Å². The molecule has 0 aromatic rings. The summed E-state index contributed by atoms with van der Waals surface area (Å²) in [6.07, 6.45) is 6.98. The molecule has 1 rings (SSSR count). The van der Waals surface area contributed by atoms with Crippen LogP contribution < -0.4 is 5.32 Å². The zero-order valence-electron chi connectivity index (χ0n) is 11.1. The molecule has 0 spiro atoms. The summed E-state index contributed by atoms with van der Waals surface area (Å²) in [6, 6.07) is 0. The Morgan fingerprint density at radius 3 is 2.13 bits per heavy atom. The summed E-state index contributed by atoms with van der Waals surface area (Å²) in [6.45, 7) is 12.0. The highest BCUT2D eigenvalue weighted by molar-refractivity contribution is 4.92. The van der Waals surface area contributed by atoms with Crippen molar-refractivity contribution in [3.8, 4) is 0 Å². The zero-order chi connectivity index (χ0) is 11.3. The maximum Gasteiger partial charge on any atom is 0.00202 e. The Balaban J connectivity index is 2.28. The zero-order valence-corrected chi connectivity index (χ0v) is 11.1. The Morgan fingerprint density at radius 1 is 1.07 bits per heavy atom. The molecule has 15 heavy (non-hydrogen) atoms. The average molecular weight is 211 g/mol. The van der Waals surface area contributed by atoms with Crippen molar-refractivity contribution >= 4 is 0 Å². The second-order valence-electron chi connectivity index (χ2n) is 5.76. The summed E-state index contributed by atoms with van der Waals surface area (Å²) in [5.41, 5.74) is 0.677. The van der Waals surface area contributed by atoms with Gasteiger partial charge in [0.05, 0.1) is 0 Å². The van der Waals surface area contributed by atoms with Gasteiger partial charge in [0.1, 0.15) is 0 Å². The van der Waals surface area contributed by atoms with Gasteiger partial charge in [0, 0.05) is 13.1 Å². The maximum atomic E-state index is 3.45. The maximum absolute atomic E-state index is 3.45. The van der Waals surface area contributed by atoms with Crippen LogP contribution in [0.1, 0.15) is 59.8 Å². The summed E-state index contributed by atoms with van der Waals surface area (Å²) in [7, 11) is 0. The van der Waals surface area contributed by atoms with Crippen LogP contribution in [0.15, 0.2) is 0 Å². The number of hydrogen-bond donors (Lipinski definition) is 1. The SMILES string of the molecule is CCCC1(CCC(C)C(C)CC)CNC1. The molecule has 0 amide bonds. The molecule has 1 aliphatic heterocycles. The molecule has 2 unspecified atom stereocenters. The monoisotopic (exact) mass is 211 g/mol. The fourth-order valence-electron chi connectivity index (χ4n) is 2.71. The van der Waals surface area contributed by atoms with Crippen LogP contribution in [0, 0.1) is 17.3 Å². The number of nitrogens with one attached hydrogen (secondary N) is 1. The normalized spacial score (nSPS) is 23.2. The minimum atomic E-state index is 0.677. The predicted molar refractivity (Wildman–Crippen MR) is 68.1 cm³/mol. The lowest BCUT2D eigenvalue weighted by Gasteiger charge is -2.44. The van der Waals surface area contributed by atoms with E-state index in [9.17, 15) is 0 Å². The first-order chi connectivity index (χ1) is 7.13. The second-order valence-corrected chi connectivity index (χ2v) is 5.76. The third-order valence-electron chi connectivity index (χ3n) is 4.53. The largest absolute Gasteiger partial charge is 0.316 e. The molecule has 1 saturated heterocycles. The smallest absolute Gasteiger partial charge is 0.00202 e.